The molecule has 7 heteroatoms. The highest BCUT2D eigenvalue weighted by atomic mass is 19.1. The Balaban J connectivity index is 1.68. The van der Waals surface area contributed by atoms with Crippen molar-refractivity contribution in [2.75, 3.05) is 31.2 Å². The third-order valence-corrected chi connectivity index (χ3v) is 4.77. The van der Waals surface area contributed by atoms with Crippen LogP contribution in [-0.2, 0) is 9.53 Å². The number of halogens is 3. The summed E-state index contributed by atoms with van der Waals surface area (Å²) in [6.07, 6.45) is 3.29. The van der Waals surface area contributed by atoms with Crippen molar-refractivity contribution in [1.29, 1.82) is 0 Å². The van der Waals surface area contributed by atoms with E-state index in [1.807, 2.05) is 4.90 Å². The van der Waals surface area contributed by atoms with Crippen LogP contribution in [0.3, 0.4) is 0 Å². The highest BCUT2D eigenvalue weighted by Crippen LogP contribution is 2.25. The van der Waals surface area contributed by atoms with Crippen LogP contribution in [0, 0.1) is 17.5 Å². The normalized spacial score (nSPS) is 15.9. The fraction of sp³-hybridized carbons (Fsp3) is 0.318. The summed E-state index contributed by atoms with van der Waals surface area (Å²) in [5, 5.41) is 2.77. The minimum Gasteiger partial charge on any atom is -0.380 e. The maximum Gasteiger partial charge on any atom is 0.244 e. The lowest BCUT2D eigenvalue weighted by Gasteiger charge is -2.24. The van der Waals surface area contributed by atoms with Crippen LogP contribution >= 0.6 is 0 Å². The second kappa shape index (κ2) is 9.60. The molecule has 0 bridgehead atoms. The van der Waals surface area contributed by atoms with Gasteiger partial charge in [-0.15, -0.1) is 0 Å². The zero-order chi connectivity index (χ0) is 20.8. The molecule has 1 aliphatic heterocycles. The molecule has 0 saturated carbocycles. The second-order valence-electron chi connectivity index (χ2n) is 6.89. The Morgan fingerprint density at radius 3 is 2.72 bits per heavy atom. The number of carbonyl (C=O) groups is 1. The first-order valence-corrected chi connectivity index (χ1v) is 9.50. The van der Waals surface area contributed by atoms with Crippen molar-refractivity contribution < 1.29 is 22.7 Å². The minimum absolute atomic E-state index is 0.113. The van der Waals surface area contributed by atoms with E-state index in [0.29, 0.717) is 32.0 Å². The molecule has 1 aliphatic rings. The van der Waals surface area contributed by atoms with E-state index in [4.69, 9.17) is 4.74 Å². The topological polar surface area (TPSA) is 41.6 Å². The van der Waals surface area contributed by atoms with Gasteiger partial charge in [-0.05, 0) is 49.2 Å². The third-order valence-electron chi connectivity index (χ3n) is 4.77. The Morgan fingerprint density at radius 1 is 1.10 bits per heavy atom. The number of carbonyl (C=O) groups excluding carboxylic acids is 1. The summed E-state index contributed by atoms with van der Waals surface area (Å²) in [5.74, 6) is -2.18. The second-order valence-corrected chi connectivity index (χ2v) is 6.89. The fourth-order valence-electron chi connectivity index (χ4n) is 3.18. The molecule has 1 atom stereocenters. The molecule has 1 amide bonds. The van der Waals surface area contributed by atoms with Crippen LogP contribution < -0.4 is 10.2 Å². The van der Waals surface area contributed by atoms with Gasteiger partial charge in [0.1, 0.15) is 17.5 Å². The molecule has 0 spiro atoms. The van der Waals surface area contributed by atoms with E-state index < -0.39 is 17.5 Å². The molecule has 0 aromatic heterocycles. The first-order valence-electron chi connectivity index (χ1n) is 9.50. The highest BCUT2D eigenvalue weighted by molar-refractivity contribution is 5.92. The summed E-state index contributed by atoms with van der Waals surface area (Å²) in [6.45, 7) is 4.29. The van der Waals surface area contributed by atoms with Crippen molar-refractivity contribution in [2.45, 2.75) is 19.4 Å². The van der Waals surface area contributed by atoms with Crippen LogP contribution in [0.5, 0.6) is 0 Å². The van der Waals surface area contributed by atoms with Gasteiger partial charge in [0.05, 0.1) is 18.3 Å². The molecule has 29 heavy (non-hydrogen) atoms. The molecule has 1 unspecified atom stereocenters. The SMILES string of the molecule is CC(NC(=O)/C=C/c1ccc(F)cc1F)c1ccc(F)c(N2CCCOCC2)c1. The maximum atomic E-state index is 14.3. The van der Waals surface area contributed by atoms with E-state index in [1.54, 1.807) is 19.1 Å². The van der Waals surface area contributed by atoms with Crippen molar-refractivity contribution in [3.63, 3.8) is 0 Å². The van der Waals surface area contributed by atoms with Gasteiger partial charge in [-0.3, -0.25) is 4.79 Å². The summed E-state index contributed by atoms with van der Waals surface area (Å²) in [6, 6.07) is 7.51. The fourth-order valence-corrected chi connectivity index (χ4v) is 3.18. The molecule has 1 N–H and O–H groups in total. The van der Waals surface area contributed by atoms with Gasteiger partial charge in [0.2, 0.25) is 5.91 Å². The van der Waals surface area contributed by atoms with E-state index in [2.05, 4.69) is 5.32 Å². The Bertz CT molecular complexity index is 894. The largest absolute Gasteiger partial charge is 0.380 e. The van der Waals surface area contributed by atoms with Gasteiger partial charge >= 0.3 is 0 Å². The van der Waals surface area contributed by atoms with Gasteiger partial charge in [0.25, 0.3) is 0 Å². The predicted molar refractivity (Wildman–Crippen MR) is 106 cm³/mol. The average Bonchev–Trinajstić information content (AvgIpc) is 2.97. The smallest absolute Gasteiger partial charge is 0.244 e. The lowest BCUT2D eigenvalue weighted by Crippen LogP contribution is -2.28. The molecule has 0 radical (unpaired) electrons. The van der Waals surface area contributed by atoms with Crippen molar-refractivity contribution in [2.24, 2.45) is 0 Å². The lowest BCUT2D eigenvalue weighted by molar-refractivity contribution is -0.117. The minimum atomic E-state index is -0.744. The Hall–Kier alpha value is -2.80. The molecule has 2 aromatic rings. The lowest BCUT2D eigenvalue weighted by atomic mass is 10.1. The van der Waals surface area contributed by atoms with Crippen LogP contribution in [0.1, 0.15) is 30.5 Å². The van der Waals surface area contributed by atoms with Crippen molar-refractivity contribution >= 4 is 17.7 Å². The molecular formula is C22H23F3N2O2. The molecule has 1 fully saturated rings. The molecular weight excluding hydrogens is 381 g/mol. The number of rotatable bonds is 5. The number of benzene rings is 2. The standard InChI is InChI=1S/C22H23F3N2O2/c1-15(26-22(28)8-5-16-3-6-18(23)14-20(16)25)17-4-7-19(24)21(13-17)27-9-2-11-29-12-10-27/h3-8,13-15H,2,9-12H2,1H3,(H,26,28)/b8-5+. The number of amides is 1. The third kappa shape index (κ3) is 5.60. The summed E-state index contributed by atoms with van der Waals surface area (Å²) >= 11 is 0. The van der Waals surface area contributed by atoms with E-state index in [1.165, 1.54) is 24.3 Å². The van der Waals surface area contributed by atoms with Gasteiger partial charge < -0.3 is 15.0 Å². The van der Waals surface area contributed by atoms with Gasteiger partial charge in [-0.1, -0.05) is 6.07 Å². The van der Waals surface area contributed by atoms with Crippen LogP contribution in [0.15, 0.2) is 42.5 Å². The van der Waals surface area contributed by atoms with E-state index >= 15 is 0 Å². The average molecular weight is 404 g/mol. The maximum absolute atomic E-state index is 14.3. The Labute approximate surface area is 168 Å². The molecule has 3 rings (SSSR count). The number of hydrogen-bond donors (Lipinski definition) is 1. The van der Waals surface area contributed by atoms with Crippen LogP contribution in [0.2, 0.25) is 0 Å². The zero-order valence-electron chi connectivity index (χ0n) is 16.1. The molecule has 1 saturated heterocycles. The Kier molecular flexibility index (Phi) is 6.93. The van der Waals surface area contributed by atoms with E-state index in [0.717, 1.165) is 24.1 Å². The molecule has 154 valence electrons. The highest BCUT2D eigenvalue weighted by Gasteiger charge is 2.17. The number of hydrogen-bond acceptors (Lipinski definition) is 3. The Morgan fingerprint density at radius 2 is 1.93 bits per heavy atom. The summed E-state index contributed by atoms with van der Waals surface area (Å²) in [5.41, 5.74) is 1.35. The summed E-state index contributed by atoms with van der Waals surface area (Å²) in [7, 11) is 0. The zero-order valence-corrected chi connectivity index (χ0v) is 16.1. The monoisotopic (exact) mass is 404 g/mol. The summed E-state index contributed by atoms with van der Waals surface area (Å²) in [4.78, 5) is 14.1. The van der Waals surface area contributed by atoms with Gasteiger partial charge in [-0.2, -0.15) is 0 Å². The van der Waals surface area contributed by atoms with Gasteiger partial charge in [0, 0.05) is 37.4 Å². The van der Waals surface area contributed by atoms with Crippen LogP contribution in [-0.4, -0.2) is 32.2 Å². The van der Waals surface area contributed by atoms with Gasteiger partial charge in [-0.25, -0.2) is 13.2 Å². The van der Waals surface area contributed by atoms with E-state index in [9.17, 15) is 18.0 Å². The first-order chi connectivity index (χ1) is 13.9. The molecule has 4 nitrogen and oxygen atoms in total. The van der Waals surface area contributed by atoms with Gasteiger partial charge in [0.15, 0.2) is 0 Å². The number of anilines is 1. The van der Waals surface area contributed by atoms with E-state index in [-0.39, 0.29) is 17.4 Å². The van der Waals surface area contributed by atoms with Crippen molar-refractivity contribution in [1.82, 2.24) is 5.32 Å². The van der Waals surface area contributed by atoms with Crippen LogP contribution in [0.25, 0.3) is 6.08 Å². The predicted octanol–water partition coefficient (Wildman–Crippen LogP) is 4.22. The number of ether oxygens (including phenoxy) is 1. The van der Waals surface area contributed by atoms with Crippen LogP contribution in [0.4, 0.5) is 18.9 Å². The number of nitrogens with zero attached hydrogens (tertiary/aromatic N) is 1. The molecule has 0 aliphatic carbocycles. The molecule has 2 aromatic carbocycles. The number of nitrogens with one attached hydrogen (secondary N) is 1. The summed E-state index contributed by atoms with van der Waals surface area (Å²) < 4.78 is 46.4. The molecule has 1 heterocycles. The van der Waals surface area contributed by atoms with Crippen molar-refractivity contribution in [3.05, 3.63) is 71.1 Å². The first kappa shape index (κ1) is 20.9. The van der Waals surface area contributed by atoms with Crippen molar-refractivity contribution in [3.8, 4) is 0 Å². The quantitative estimate of drug-likeness (QED) is 0.759.